The summed E-state index contributed by atoms with van der Waals surface area (Å²) in [5, 5.41) is 18.7. The SMILES string of the molecule is CCOC(=O)Cc1ccc(OC)c(O)c1C#N. The van der Waals surface area contributed by atoms with Crippen molar-refractivity contribution in [1.29, 1.82) is 5.26 Å². The van der Waals surface area contributed by atoms with Gasteiger partial charge < -0.3 is 14.6 Å². The minimum atomic E-state index is -0.437. The highest BCUT2D eigenvalue weighted by molar-refractivity contribution is 5.74. The molecule has 1 aromatic carbocycles. The number of methoxy groups -OCH3 is 1. The van der Waals surface area contributed by atoms with Crippen molar-refractivity contribution in [2.45, 2.75) is 13.3 Å². The Labute approximate surface area is 99.2 Å². The predicted molar refractivity (Wildman–Crippen MR) is 59.7 cm³/mol. The number of nitriles is 1. The first kappa shape index (κ1) is 12.8. The number of esters is 1. The lowest BCUT2D eigenvalue weighted by Crippen LogP contribution is -2.08. The van der Waals surface area contributed by atoms with E-state index in [1.54, 1.807) is 13.0 Å². The van der Waals surface area contributed by atoms with E-state index in [0.717, 1.165) is 0 Å². The molecule has 0 radical (unpaired) electrons. The molecule has 0 aromatic heterocycles. The highest BCUT2D eigenvalue weighted by Crippen LogP contribution is 2.31. The van der Waals surface area contributed by atoms with Crippen LogP contribution in [0.2, 0.25) is 0 Å². The smallest absolute Gasteiger partial charge is 0.310 e. The topological polar surface area (TPSA) is 79.6 Å². The number of hydrogen-bond donors (Lipinski definition) is 1. The molecule has 17 heavy (non-hydrogen) atoms. The van der Waals surface area contributed by atoms with Gasteiger partial charge in [-0.05, 0) is 18.6 Å². The number of rotatable bonds is 4. The highest BCUT2D eigenvalue weighted by Gasteiger charge is 2.15. The molecule has 0 amide bonds. The first-order valence-electron chi connectivity index (χ1n) is 5.08. The van der Waals surface area contributed by atoms with Crippen LogP contribution in [0.4, 0.5) is 0 Å². The van der Waals surface area contributed by atoms with E-state index in [1.165, 1.54) is 13.2 Å². The van der Waals surface area contributed by atoms with Gasteiger partial charge in [0.15, 0.2) is 11.5 Å². The predicted octanol–water partition coefficient (Wildman–Crippen LogP) is 1.38. The number of phenolic OH excluding ortho intramolecular Hbond substituents is 1. The number of carbonyl (C=O) groups excluding carboxylic acids is 1. The number of nitrogens with zero attached hydrogens (tertiary/aromatic N) is 1. The molecule has 0 aliphatic heterocycles. The zero-order chi connectivity index (χ0) is 12.8. The van der Waals surface area contributed by atoms with Gasteiger partial charge in [0.05, 0.1) is 20.1 Å². The van der Waals surface area contributed by atoms with E-state index in [9.17, 15) is 9.90 Å². The average molecular weight is 235 g/mol. The molecule has 0 saturated heterocycles. The van der Waals surface area contributed by atoms with E-state index >= 15 is 0 Å². The molecule has 1 rings (SSSR count). The molecule has 0 bridgehead atoms. The van der Waals surface area contributed by atoms with E-state index in [4.69, 9.17) is 14.7 Å². The molecule has 5 nitrogen and oxygen atoms in total. The fourth-order valence-corrected chi connectivity index (χ4v) is 1.42. The number of aromatic hydroxyl groups is 1. The molecule has 0 atom stereocenters. The Balaban J connectivity index is 3.06. The molecular formula is C12H13NO4. The van der Waals surface area contributed by atoms with E-state index < -0.39 is 5.97 Å². The zero-order valence-electron chi connectivity index (χ0n) is 9.69. The maximum absolute atomic E-state index is 11.3. The Morgan fingerprint density at radius 1 is 1.53 bits per heavy atom. The van der Waals surface area contributed by atoms with Crippen LogP contribution in [0.15, 0.2) is 12.1 Å². The molecule has 1 aromatic rings. The molecule has 0 spiro atoms. The summed E-state index contributed by atoms with van der Waals surface area (Å²) in [5.74, 6) is -0.487. The molecule has 5 heteroatoms. The third-order valence-electron chi connectivity index (χ3n) is 2.20. The van der Waals surface area contributed by atoms with Gasteiger partial charge in [-0.25, -0.2) is 0 Å². The number of carbonyl (C=O) groups is 1. The normalized spacial score (nSPS) is 9.47. The van der Waals surface area contributed by atoms with E-state index in [0.29, 0.717) is 5.56 Å². The number of benzene rings is 1. The minimum absolute atomic E-state index is 0.0393. The molecule has 0 fully saturated rings. The number of phenols is 1. The van der Waals surface area contributed by atoms with E-state index in [1.807, 2.05) is 6.07 Å². The summed E-state index contributed by atoms with van der Waals surface area (Å²) >= 11 is 0. The maximum atomic E-state index is 11.3. The van der Waals surface area contributed by atoms with Crippen molar-refractivity contribution in [1.82, 2.24) is 0 Å². The van der Waals surface area contributed by atoms with Crippen LogP contribution in [0, 0.1) is 11.3 Å². The van der Waals surface area contributed by atoms with Crippen molar-refractivity contribution >= 4 is 5.97 Å². The Morgan fingerprint density at radius 3 is 2.76 bits per heavy atom. The number of ether oxygens (including phenoxy) is 2. The van der Waals surface area contributed by atoms with Gasteiger partial charge in [-0.3, -0.25) is 4.79 Å². The van der Waals surface area contributed by atoms with Gasteiger partial charge in [0.25, 0.3) is 0 Å². The molecule has 0 saturated carbocycles. The summed E-state index contributed by atoms with van der Waals surface area (Å²) in [6.45, 7) is 1.98. The van der Waals surface area contributed by atoms with Gasteiger partial charge >= 0.3 is 5.97 Å². The van der Waals surface area contributed by atoms with Crippen LogP contribution in [0.3, 0.4) is 0 Å². The van der Waals surface area contributed by atoms with Crippen LogP contribution >= 0.6 is 0 Å². The minimum Gasteiger partial charge on any atom is -0.503 e. The van der Waals surface area contributed by atoms with Crippen molar-refractivity contribution in [2.75, 3.05) is 13.7 Å². The fraction of sp³-hybridized carbons (Fsp3) is 0.333. The molecule has 0 heterocycles. The third-order valence-corrected chi connectivity index (χ3v) is 2.20. The second kappa shape index (κ2) is 5.75. The lowest BCUT2D eigenvalue weighted by atomic mass is 10.0. The van der Waals surface area contributed by atoms with Gasteiger partial charge in [-0.1, -0.05) is 6.07 Å². The monoisotopic (exact) mass is 235 g/mol. The second-order valence-corrected chi connectivity index (χ2v) is 3.24. The van der Waals surface area contributed by atoms with E-state index in [-0.39, 0.29) is 30.1 Å². The lowest BCUT2D eigenvalue weighted by molar-refractivity contribution is -0.142. The molecule has 1 N–H and O–H groups in total. The van der Waals surface area contributed by atoms with Crippen LogP contribution in [0.5, 0.6) is 11.5 Å². The van der Waals surface area contributed by atoms with Crippen molar-refractivity contribution in [3.05, 3.63) is 23.3 Å². The van der Waals surface area contributed by atoms with Gasteiger partial charge in [-0.15, -0.1) is 0 Å². The fourth-order valence-electron chi connectivity index (χ4n) is 1.42. The molecule has 0 aliphatic rings. The molecule has 90 valence electrons. The average Bonchev–Trinajstić information content (AvgIpc) is 2.30. The van der Waals surface area contributed by atoms with Crippen LogP contribution in [0.25, 0.3) is 0 Å². The molecule has 0 aliphatic carbocycles. The van der Waals surface area contributed by atoms with Crippen LogP contribution < -0.4 is 4.74 Å². The summed E-state index contributed by atoms with van der Waals surface area (Å²) in [5.41, 5.74) is 0.460. The van der Waals surface area contributed by atoms with Gasteiger partial charge in [0.2, 0.25) is 0 Å². The quantitative estimate of drug-likeness (QED) is 0.797. The lowest BCUT2D eigenvalue weighted by Gasteiger charge is -2.09. The second-order valence-electron chi connectivity index (χ2n) is 3.24. The van der Waals surface area contributed by atoms with Crippen molar-refractivity contribution in [2.24, 2.45) is 0 Å². The van der Waals surface area contributed by atoms with E-state index in [2.05, 4.69) is 0 Å². The third kappa shape index (κ3) is 2.88. The van der Waals surface area contributed by atoms with Crippen LogP contribution in [-0.4, -0.2) is 24.8 Å². The van der Waals surface area contributed by atoms with Crippen LogP contribution in [-0.2, 0) is 16.0 Å². The molecular weight excluding hydrogens is 222 g/mol. The number of hydrogen-bond acceptors (Lipinski definition) is 5. The Bertz CT molecular complexity index is 462. The first-order valence-corrected chi connectivity index (χ1v) is 5.08. The largest absolute Gasteiger partial charge is 0.503 e. The Morgan fingerprint density at radius 2 is 2.24 bits per heavy atom. The molecule has 0 unspecified atom stereocenters. The maximum Gasteiger partial charge on any atom is 0.310 e. The summed E-state index contributed by atoms with van der Waals surface area (Å²) in [6, 6.07) is 4.92. The highest BCUT2D eigenvalue weighted by atomic mass is 16.5. The first-order chi connectivity index (χ1) is 8.13. The van der Waals surface area contributed by atoms with Gasteiger partial charge in [-0.2, -0.15) is 5.26 Å². The summed E-state index contributed by atoms with van der Waals surface area (Å²) < 4.78 is 9.66. The van der Waals surface area contributed by atoms with Crippen molar-refractivity contribution < 1.29 is 19.4 Å². The van der Waals surface area contributed by atoms with Crippen LogP contribution in [0.1, 0.15) is 18.1 Å². The standard InChI is InChI=1S/C12H13NO4/c1-3-17-11(14)6-8-4-5-10(16-2)12(15)9(8)7-13/h4-5,15H,3,6H2,1-2H3. The Hall–Kier alpha value is -2.22. The summed E-state index contributed by atoms with van der Waals surface area (Å²) in [4.78, 5) is 11.3. The summed E-state index contributed by atoms with van der Waals surface area (Å²) in [6.07, 6.45) is -0.0473. The summed E-state index contributed by atoms with van der Waals surface area (Å²) in [7, 11) is 1.39. The Kier molecular flexibility index (Phi) is 4.35. The van der Waals surface area contributed by atoms with Gasteiger partial charge in [0, 0.05) is 0 Å². The van der Waals surface area contributed by atoms with Gasteiger partial charge in [0.1, 0.15) is 11.6 Å². The zero-order valence-corrected chi connectivity index (χ0v) is 9.69. The van der Waals surface area contributed by atoms with Crippen molar-refractivity contribution in [3.63, 3.8) is 0 Å². The van der Waals surface area contributed by atoms with Crippen molar-refractivity contribution in [3.8, 4) is 17.6 Å².